The highest BCUT2D eigenvalue weighted by Gasteiger charge is 2.37. The summed E-state index contributed by atoms with van der Waals surface area (Å²) in [5.41, 5.74) is 2.05. The first kappa shape index (κ1) is 16.8. The Morgan fingerprint density at radius 2 is 1.39 bits per heavy atom. The molecule has 10 heteroatoms. The monoisotopic (exact) mass is 336 g/mol. The van der Waals surface area contributed by atoms with Crippen LogP contribution in [0.3, 0.4) is 0 Å². The Morgan fingerprint density at radius 3 is 1.83 bits per heavy atom. The van der Waals surface area contributed by atoms with Crippen LogP contribution in [-0.2, 0) is 12.4 Å². The predicted molar refractivity (Wildman–Crippen MR) is 71.4 cm³/mol. The molecule has 0 saturated carbocycles. The van der Waals surface area contributed by atoms with Gasteiger partial charge in [0.05, 0.1) is 16.8 Å². The van der Waals surface area contributed by atoms with Crippen LogP contribution in [0.5, 0.6) is 0 Å². The molecule has 0 radical (unpaired) electrons. The van der Waals surface area contributed by atoms with Gasteiger partial charge < -0.3 is 11.1 Å². The summed E-state index contributed by atoms with van der Waals surface area (Å²) in [4.78, 5) is 7.42. The molecule has 0 bridgehead atoms. The standard InChI is InChI=1S/C13H10F6N4/c1-21-10-5-9(22-11(20)23-10)6-2-7(12(14,15)16)4-8(3-6)13(17,18)19/h2-5H,1H3,(H3,20,21,22,23). The van der Waals surface area contributed by atoms with Gasteiger partial charge in [0.1, 0.15) is 5.82 Å². The molecule has 0 aliphatic rings. The molecular formula is C13H10F6N4. The number of nitrogens with zero attached hydrogens (tertiary/aromatic N) is 2. The van der Waals surface area contributed by atoms with Crippen LogP contribution in [0.15, 0.2) is 24.3 Å². The molecule has 0 amide bonds. The van der Waals surface area contributed by atoms with E-state index in [1.165, 1.54) is 13.1 Å². The minimum absolute atomic E-state index is 0.0486. The average molecular weight is 336 g/mol. The van der Waals surface area contributed by atoms with Crippen molar-refractivity contribution in [2.75, 3.05) is 18.1 Å². The number of aromatic nitrogens is 2. The minimum atomic E-state index is -4.93. The van der Waals surface area contributed by atoms with Gasteiger partial charge in [0.2, 0.25) is 5.95 Å². The van der Waals surface area contributed by atoms with Crippen LogP contribution in [0.4, 0.5) is 38.1 Å². The molecule has 1 aromatic heterocycles. The molecule has 4 nitrogen and oxygen atoms in total. The largest absolute Gasteiger partial charge is 0.416 e. The van der Waals surface area contributed by atoms with Gasteiger partial charge in [-0.3, -0.25) is 0 Å². The van der Waals surface area contributed by atoms with Crippen molar-refractivity contribution in [3.8, 4) is 11.3 Å². The van der Waals surface area contributed by atoms with Gasteiger partial charge in [-0.2, -0.15) is 31.3 Å². The van der Waals surface area contributed by atoms with E-state index in [0.29, 0.717) is 12.1 Å². The van der Waals surface area contributed by atoms with Crippen LogP contribution in [0, 0.1) is 0 Å². The van der Waals surface area contributed by atoms with Gasteiger partial charge in [0, 0.05) is 18.7 Å². The van der Waals surface area contributed by atoms with E-state index in [0.717, 1.165) is 0 Å². The third kappa shape index (κ3) is 3.82. The zero-order chi connectivity index (χ0) is 17.4. The molecule has 2 aromatic rings. The fourth-order valence-corrected chi connectivity index (χ4v) is 1.84. The summed E-state index contributed by atoms with van der Waals surface area (Å²) >= 11 is 0. The quantitative estimate of drug-likeness (QED) is 0.819. The van der Waals surface area contributed by atoms with E-state index in [-0.39, 0.29) is 29.1 Å². The molecule has 124 valence electrons. The Morgan fingerprint density at radius 1 is 0.870 bits per heavy atom. The third-order valence-electron chi connectivity index (χ3n) is 2.88. The maximum absolute atomic E-state index is 12.8. The molecule has 0 aliphatic carbocycles. The number of benzene rings is 1. The second-order valence-corrected chi connectivity index (χ2v) is 4.54. The van der Waals surface area contributed by atoms with Crippen molar-refractivity contribution in [3.05, 3.63) is 35.4 Å². The van der Waals surface area contributed by atoms with Gasteiger partial charge in [0.15, 0.2) is 0 Å². The first-order valence-electron chi connectivity index (χ1n) is 6.13. The normalized spacial score (nSPS) is 12.3. The summed E-state index contributed by atoms with van der Waals surface area (Å²) in [6, 6.07) is 2.41. The van der Waals surface area contributed by atoms with Gasteiger partial charge >= 0.3 is 12.4 Å². The summed E-state index contributed by atoms with van der Waals surface area (Å²) in [5, 5.41) is 2.59. The molecule has 0 unspecified atom stereocenters. The summed E-state index contributed by atoms with van der Waals surface area (Å²) in [7, 11) is 1.47. The lowest BCUT2D eigenvalue weighted by molar-refractivity contribution is -0.143. The summed E-state index contributed by atoms with van der Waals surface area (Å²) in [5.74, 6) is -0.115. The van der Waals surface area contributed by atoms with Crippen LogP contribution in [0.1, 0.15) is 11.1 Å². The van der Waals surface area contributed by atoms with Gasteiger partial charge in [0.25, 0.3) is 0 Å². The van der Waals surface area contributed by atoms with Crippen LogP contribution in [0.25, 0.3) is 11.3 Å². The summed E-state index contributed by atoms with van der Waals surface area (Å²) in [6.07, 6.45) is -9.86. The number of hydrogen-bond acceptors (Lipinski definition) is 4. The van der Waals surface area contributed by atoms with E-state index in [1.807, 2.05) is 0 Å². The zero-order valence-corrected chi connectivity index (χ0v) is 11.5. The number of nitrogen functional groups attached to an aromatic ring is 1. The fraction of sp³-hybridized carbons (Fsp3) is 0.231. The van der Waals surface area contributed by atoms with Crippen LogP contribution >= 0.6 is 0 Å². The van der Waals surface area contributed by atoms with Gasteiger partial charge in [-0.25, -0.2) is 4.98 Å². The lowest BCUT2D eigenvalue weighted by Gasteiger charge is -2.14. The molecule has 3 N–H and O–H groups in total. The molecule has 1 heterocycles. The Kier molecular flexibility index (Phi) is 4.10. The lowest BCUT2D eigenvalue weighted by atomic mass is 10.0. The van der Waals surface area contributed by atoms with E-state index in [2.05, 4.69) is 15.3 Å². The highest BCUT2D eigenvalue weighted by Crippen LogP contribution is 2.38. The van der Waals surface area contributed by atoms with Crippen molar-refractivity contribution in [2.45, 2.75) is 12.4 Å². The molecule has 0 saturated heterocycles. The maximum atomic E-state index is 12.8. The Balaban J connectivity index is 2.69. The van der Waals surface area contributed by atoms with E-state index in [9.17, 15) is 26.3 Å². The number of nitrogens with one attached hydrogen (secondary N) is 1. The first-order chi connectivity index (χ1) is 10.5. The summed E-state index contributed by atoms with van der Waals surface area (Å²) in [6.45, 7) is 0. The van der Waals surface area contributed by atoms with Crippen molar-refractivity contribution in [2.24, 2.45) is 0 Å². The lowest BCUT2D eigenvalue weighted by Crippen LogP contribution is -2.11. The number of anilines is 2. The Bertz CT molecular complexity index is 691. The van der Waals surface area contributed by atoms with Crippen molar-refractivity contribution < 1.29 is 26.3 Å². The molecule has 0 aliphatic heterocycles. The highest BCUT2D eigenvalue weighted by atomic mass is 19.4. The topological polar surface area (TPSA) is 63.8 Å². The zero-order valence-electron chi connectivity index (χ0n) is 11.5. The van der Waals surface area contributed by atoms with Crippen LogP contribution < -0.4 is 11.1 Å². The number of nitrogens with two attached hydrogens (primary N) is 1. The van der Waals surface area contributed by atoms with E-state index in [4.69, 9.17) is 5.73 Å². The van der Waals surface area contributed by atoms with Crippen molar-refractivity contribution in [1.29, 1.82) is 0 Å². The van der Waals surface area contributed by atoms with Gasteiger partial charge in [-0.1, -0.05) is 0 Å². The van der Waals surface area contributed by atoms with E-state index in [1.54, 1.807) is 0 Å². The van der Waals surface area contributed by atoms with Crippen molar-refractivity contribution in [3.63, 3.8) is 0 Å². The fourth-order valence-electron chi connectivity index (χ4n) is 1.84. The molecule has 0 spiro atoms. The second kappa shape index (κ2) is 5.60. The molecule has 0 fully saturated rings. The molecule has 2 rings (SSSR count). The SMILES string of the molecule is CNc1cc(-c2cc(C(F)(F)F)cc(C(F)(F)F)c2)nc(N)n1. The number of halogens is 6. The maximum Gasteiger partial charge on any atom is 0.416 e. The minimum Gasteiger partial charge on any atom is -0.373 e. The second-order valence-electron chi connectivity index (χ2n) is 4.54. The van der Waals surface area contributed by atoms with Crippen molar-refractivity contribution >= 4 is 11.8 Å². The van der Waals surface area contributed by atoms with Crippen molar-refractivity contribution in [1.82, 2.24) is 9.97 Å². The highest BCUT2D eigenvalue weighted by molar-refractivity contribution is 5.66. The number of hydrogen-bond donors (Lipinski definition) is 2. The molecule has 23 heavy (non-hydrogen) atoms. The molecule has 0 atom stereocenters. The number of rotatable bonds is 2. The third-order valence-corrected chi connectivity index (χ3v) is 2.88. The average Bonchev–Trinajstić information content (AvgIpc) is 2.44. The van der Waals surface area contributed by atoms with Crippen LogP contribution in [-0.4, -0.2) is 17.0 Å². The Hall–Kier alpha value is -2.52. The van der Waals surface area contributed by atoms with Gasteiger partial charge in [-0.05, 0) is 18.2 Å². The first-order valence-corrected chi connectivity index (χ1v) is 6.13. The Labute approximate surface area is 126 Å². The van der Waals surface area contributed by atoms with Gasteiger partial charge in [-0.15, -0.1) is 0 Å². The summed E-state index contributed by atoms with van der Waals surface area (Å²) < 4.78 is 77.0. The number of alkyl halides is 6. The predicted octanol–water partition coefficient (Wildman–Crippen LogP) is 3.81. The van der Waals surface area contributed by atoms with Crippen LogP contribution in [0.2, 0.25) is 0 Å². The molecule has 1 aromatic carbocycles. The molecular weight excluding hydrogens is 326 g/mol. The van der Waals surface area contributed by atoms with E-state index < -0.39 is 23.5 Å². The smallest absolute Gasteiger partial charge is 0.373 e. The van der Waals surface area contributed by atoms with E-state index >= 15 is 0 Å².